The Kier molecular flexibility index (Phi) is 3.91. The minimum Gasteiger partial charge on any atom is -0.366 e. The van der Waals surface area contributed by atoms with Crippen molar-refractivity contribution in [3.63, 3.8) is 0 Å². The smallest absolute Gasteiger partial charge is 0.274 e. The summed E-state index contributed by atoms with van der Waals surface area (Å²) in [7, 11) is 0. The lowest BCUT2D eigenvalue weighted by atomic mass is 10.1. The van der Waals surface area contributed by atoms with Crippen molar-refractivity contribution in [2.24, 2.45) is 5.73 Å². The van der Waals surface area contributed by atoms with Crippen molar-refractivity contribution in [2.45, 2.75) is 0 Å². The number of nitrogens with two attached hydrogens (primary N) is 1. The highest BCUT2D eigenvalue weighted by molar-refractivity contribution is 9.10. The summed E-state index contributed by atoms with van der Waals surface area (Å²) in [4.78, 5) is 27.2. The third-order valence-electron chi connectivity index (χ3n) is 2.39. The number of nitrogens with zero attached hydrogens (tertiary/aromatic N) is 1. The van der Waals surface area contributed by atoms with E-state index in [0.717, 1.165) is 4.47 Å². The van der Waals surface area contributed by atoms with E-state index in [2.05, 4.69) is 26.2 Å². The van der Waals surface area contributed by atoms with Crippen LogP contribution in [0.3, 0.4) is 0 Å². The quantitative estimate of drug-likeness (QED) is 0.909. The number of benzene rings is 1. The highest BCUT2D eigenvalue weighted by Gasteiger charge is 2.13. The molecule has 0 fully saturated rings. The fourth-order valence-electron chi connectivity index (χ4n) is 1.52. The third-order valence-corrected chi connectivity index (χ3v) is 2.89. The molecule has 0 unspecified atom stereocenters. The normalized spacial score (nSPS) is 9.95. The van der Waals surface area contributed by atoms with Gasteiger partial charge in [-0.15, -0.1) is 0 Å². The molecule has 1 aromatic carbocycles. The van der Waals surface area contributed by atoms with E-state index in [1.165, 1.54) is 6.20 Å². The largest absolute Gasteiger partial charge is 0.366 e. The molecule has 1 heterocycles. The van der Waals surface area contributed by atoms with Crippen LogP contribution in [0.1, 0.15) is 20.8 Å². The van der Waals surface area contributed by atoms with Crippen LogP contribution in [-0.4, -0.2) is 16.8 Å². The minimum atomic E-state index is -0.608. The van der Waals surface area contributed by atoms with Gasteiger partial charge in [-0.05, 0) is 30.3 Å². The summed E-state index contributed by atoms with van der Waals surface area (Å²) >= 11 is 3.27. The lowest BCUT2D eigenvalue weighted by Gasteiger charge is -2.09. The Morgan fingerprint density at radius 3 is 2.63 bits per heavy atom. The zero-order valence-electron chi connectivity index (χ0n) is 9.76. The Balaban J connectivity index is 2.31. The zero-order valence-corrected chi connectivity index (χ0v) is 11.3. The Bertz CT molecular complexity index is 629. The summed E-state index contributed by atoms with van der Waals surface area (Å²) in [5, 5.41) is 2.62. The number of anilines is 1. The SMILES string of the molecule is NC(=O)c1ccc(Br)cc1NC(=O)c1ccccn1. The van der Waals surface area contributed by atoms with E-state index < -0.39 is 11.8 Å². The number of carbonyl (C=O) groups is 2. The average Bonchev–Trinajstić information content (AvgIpc) is 2.39. The highest BCUT2D eigenvalue weighted by Crippen LogP contribution is 2.21. The number of nitrogens with one attached hydrogen (secondary N) is 1. The second-order valence-corrected chi connectivity index (χ2v) is 4.64. The van der Waals surface area contributed by atoms with Crippen molar-refractivity contribution >= 4 is 33.4 Å². The van der Waals surface area contributed by atoms with Gasteiger partial charge >= 0.3 is 0 Å². The van der Waals surface area contributed by atoms with Crippen LogP contribution in [0.2, 0.25) is 0 Å². The molecule has 19 heavy (non-hydrogen) atoms. The van der Waals surface area contributed by atoms with E-state index in [9.17, 15) is 9.59 Å². The molecule has 0 aliphatic heterocycles. The van der Waals surface area contributed by atoms with Gasteiger partial charge in [-0.3, -0.25) is 14.6 Å². The zero-order chi connectivity index (χ0) is 13.8. The summed E-state index contributed by atoms with van der Waals surface area (Å²) in [5.74, 6) is -1.01. The van der Waals surface area contributed by atoms with Crippen LogP contribution < -0.4 is 11.1 Å². The monoisotopic (exact) mass is 319 g/mol. The number of primary amides is 1. The van der Waals surface area contributed by atoms with Crippen LogP contribution in [0, 0.1) is 0 Å². The molecule has 0 radical (unpaired) electrons. The summed E-state index contributed by atoms with van der Waals surface area (Å²) in [5.41, 5.74) is 6.11. The molecule has 2 rings (SSSR count). The molecule has 0 spiro atoms. The molecule has 1 aromatic heterocycles. The average molecular weight is 320 g/mol. The van der Waals surface area contributed by atoms with Crippen molar-refractivity contribution in [3.8, 4) is 0 Å². The molecule has 0 bridgehead atoms. The molecule has 96 valence electrons. The van der Waals surface area contributed by atoms with Gasteiger partial charge < -0.3 is 11.1 Å². The molecular weight excluding hydrogens is 310 g/mol. The molecule has 0 aliphatic carbocycles. The van der Waals surface area contributed by atoms with Gasteiger partial charge in [0.05, 0.1) is 11.3 Å². The van der Waals surface area contributed by atoms with Crippen molar-refractivity contribution in [2.75, 3.05) is 5.32 Å². The van der Waals surface area contributed by atoms with Gasteiger partial charge in [0.1, 0.15) is 5.69 Å². The molecule has 0 saturated heterocycles. The van der Waals surface area contributed by atoms with Crippen LogP contribution in [0.5, 0.6) is 0 Å². The first-order chi connectivity index (χ1) is 9.08. The first-order valence-corrected chi connectivity index (χ1v) is 6.19. The van der Waals surface area contributed by atoms with Gasteiger partial charge in [-0.1, -0.05) is 22.0 Å². The number of halogens is 1. The van der Waals surface area contributed by atoms with E-state index in [1.807, 2.05) is 0 Å². The number of rotatable bonds is 3. The maximum Gasteiger partial charge on any atom is 0.274 e. The van der Waals surface area contributed by atoms with Crippen molar-refractivity contribution in [3.05, 3.63) is 58.3 Å². The molecule has 6 heteroatoms. The molecule has 2 aromatic rings. The lowest BCUT2D eigenvalue weighted by Crippen LogP contribution is -2.18. The molecule has 0 aliphatic rings. The predicted octanol–water partition coefficient (Wildman–Crippen LogP) is 2.20. The number of carbonyl (C=O) groups excluding carboxylic acids is 2. The number of hydrogen-bond acceptors (Lipinski definition) is 3. The van der Waals surface area contributed by atoms with Crippen LogP contribution in [0.25, 0.3) is 0 Å². The van der Waals surface area contributed by atoms with Crippen LogP contribution in [0.15, 0.2) is 47.1 Å². The van der Waals surface area contributed by atoms with E-state index in [1.54, 1.807) is 36.4 Å². The number of aromatic nitrogens is 1. The number of amides is 2. The van der Waals surface area contributed by atoms with Gasteiger partial charge in [0.25, 0.3) is 11.8 Å². The second-order valence-electron chi connectivity index (χ2n) is 3.72. The van der Waals surface area contributed by atoms with Gasteiger partial charge in [-0.2, -0.15) is 0 Å². The maximum atomic E-state index is 12.0. The maximum absolute atomic E-state index is 12.0. The molecule has 3 N–H and O–H groups in total. The van der Waals surface area contributed by atoms with Gasteiger partial charge in [-0.25, -0.2) is 0 Å². The van der Waals surface area contributed by atoms with Crippen molar-refractivity contribution in [1.29, 1.82) is 0 Å². The predicted molar refractivity (Wildman–Crippen MR) is 74.9 cm³/mol. The Morgan fingerprint density at radius 2 is 2.00 bits per heavy atom. The van der Waals surface area contributed by atoms with Crippen LogP contribution >= 0.6 is 15.9 Å². The summed E-state index contributed by atoms with van der Waals surface area (Å²) in [6.07, 6.45) is 1.52. The Labute approximate surface area is 118 Å². The third kappa shape index (κ3) is 3.17. The van der Waals surface area contributed by atoms with Gasteiger partial charge in [0.2, 0.25) is 0 Å². The van der Waals surface area contributed by atoms with E-state index >= 15 is 0 Å². The first kappa shape index (κ1) is 13.2. The molecule has 0 saturated carbocycles. The van der Waals surface area contributed by atoms with Crippen LogP contribution in [0.4, 0.5) is 5.69 Å². The molecular formula is C13H10BrN3O2. The topological polar surface area (TPSA) is 85.1 Å². The number of pyridine rings is 1. The van der Waals surface area contributed by atoms with E-state index in [-0.39, 0.29) is 11.3 Å². The van der Waals surface area contributed by atoms with Gasteiger partial charge in [0, 0.05) is 10.7 Å². The molecule has 0 atom stereocenters. The highest BCUT2D eigenvalue weighted by atomic mass is 79.9. The molecule has 2 amide bonds. The van der Waals surface area contributed by atoms with E-state index in [0.29, 0.717) is 5.69 Å². The lowest BCUT2D eigenvalue weighted by molar-refractivity contribution is 0.100. The summed E-state index contributed by atoms with van der Waals surface area (Å²) < 4.78 is 0.730. The first-order valence-electron chi connectivity index (χ1n) is 5.39. The van der Waals surface area contributed by atoms with E-state index in [4.69, 9.17) is 5.73 Å². The fraction of sp³-hybridized carbons (Fsp3) is 0. The summed E-state index contributed by atoms with van der Waals surface area (Å²) in [6.45, 7) is 0. The van der Waals surface area contributed by atoms with Gasteiger partial charge in [0.15, 0.2) is 0 Å². The Morgan fingerprint density at radius 1 is 1.21 bits per heavy atom. The summed E-state index contributed by atoms with van der Waals surface area (Å²) in [6, 6.07) is 9.83. The standard InChI is InChI=1S/C13H10BrN3O2/c14-8-4-5-9(12(15)18)11(7-8)17-13(19)10-3-1-2-6-16-10/h1-7H,(H2,15,18)(H,17,19). The number of hydrogen-bond donors (Lipinski definition) is 2. The van der Waals surface area contributed by atoms with Crippen molar-refractivity contribution < 1.29 is 9.59 Å². The van der Waals surface area contributed by atoms with Crippen LogP contribution in [-0.2, 0) is 0 Å². The molecule has 5 nitrogen and oxygen atoms in total. The fourth-order valence-corrected chi connectivity index (χ4v) is 1.88. The minimum absolute atomic E-state index is 0.243. The van der Waals surface area contributed by atoms with Crippen molar-refractivity contribution in [1.82, 2.24) is 4.98 Å². The second kappa shape index (κ2) is 5.62. The Hall–Kier alpha value is -2.21.